The number of ether oxygens (including phenoxy) is 1. The lowest BCUT2D eigenvalue weighted by Crippen LogP contribution is -2.39. The Balaban J connectivity index is 1.99. The highest BCUT2D eigenvalue weighted by Crippen LogP contribution is 2.47. The molecule has 2 heterocycles. The molecule has 2 aliphatic heterocycles. The largest absolute Gasteiger partial charge is 0.382 e. The van der Waals surface area contributed by atoms with E-state index in [0.717, 1.165) is 5.71 Å². The monoisotopic (exact) mass is 257 g/mol. The van der Waals surface area contributed by atoms with Gasteiger partial charge in [-0.15, -0.1) is 0 Å². The molecule has 0 amide bonds. The maximum atomic E-state index is 11.5. The molecule has 5 heteroatoms. The van der Waals surface area contributed by atoms with Crippen molar-refractivity contribution in [1.29, 1.82) is 0 Å². The molecule has 3 rings (SSSR count). The molecule has 0 radical (unpaired) electrons. The number of carbonyl (C=O) groups is 1. The number of fused-ring (bicyclic) bond motifs is 2. The molecule has 1 saturated heterocycles. The second-order valence-corrected chi connectivity index (χ2v) is 4.74. The Hall–Kier alpha value is -0.680. The minimum absolute atomic E-state index is 0.00813. The van der Waals surface area contributed by atoms with Gasteiger partial charge in [-0.3, -0.25) is 4.79 Å². The highest BCUT2D eigenvalue weighted by atomic mass is 79.9. The standard InChI is InChI=1S/C9H8BrNO3/c1-4-2-9(14-11-4)3-5(10)6(12)7-8(9)13-7/h3,7-8H,2H2,1H3/t7-,8-,9+/m1/s1. The normalized spacial score (nSPS) is 44.3. The zero-order valence-electron chi connectivity index (χ0n) is 7.49. The van der Waals surface area contributed by atoms with Gasteiger partial charge in [0, 0.05) is 6.42 Å². The zero-order valence-corrected chi connectivity index (χ0v) is 9.08. The number of oxime groups is 1. The van der Waals surface area contributed by atoms with E-state index >= 15 is 0 Å². The van der Waals surface area contributed by atoms with Gasteiger partial charge in [-0.05, 0) is 28.9 Å². The van der Waals surface area contributed by atoms with Gasteiger partial charge in [0.25, 0.3) is 0 Å². The summed E-state index contributed by atoms with van der Waals surface area (Å²) >= 11 is 3.23. The quantitative estimate of drug-likeness (QED) is 0.612. The lowest BCUT2D eigenvalue weighted by Gasteiger charge is -2.23. The van der Waals surface area contributed by atoms with Gasteiger partial charge in [-0.25, -0.2) is 0 Å². The average molecular weight is 258 g/mol. The Morgan fingerprint density at radius 1 is 1.71 bits per heavy atom. The molecule has 0 aromatic heterocycles. The molecule has 0 unspecified atom stereocenters. The molecule has 0 N–H and O–H groups in total. The number of hydrogen-bond donors (Lipinski definition) is 0. The minimum Gasteiger partial charge on any atom is -0.382 e. The van der Waals surface area contributed by atoms with Crippen molar-refractivity contribution < 1.29 is 14.4 Å². The molecule has 0 saturated carbocycles. The van der Waals surface area contributed by atoms with Gasteiger partial charge >= 0.3 is 0 Å². The van der Waals surface area contributed by atoms with Gasteiger partial charge < -0.3 is 9.57 Å². The predicted molar refractivity (Wildman–Crippen MR) is 52.2 cm³/mol. The Bertz CT molecular complexity index is 390. The van der Waals surface area contributed by atoms with Gasteiger partial charge in [0.1, 0.15) is 6.10 Å². The van der Waals surface area contributed by atoms with Crippen molar-refractivity contribution in [3.05, 3.63) is 10.6 Å². The van der Waals surface area contributed by atoms with Gasteiger partial charge in [-0.2, -0.15) is 0 Å². The summed E-state index contributed by atoms with van der Waals surface area (Å²) in [5.41, 5.74) is 0.409. The number of Topliss-reactive ketones (excluding diaryl/α,β-unsaturated/α-hetero) is 1. The van der Waals surface area contributed by atoms with Gasteiger partial charge in [0.15, 0.2) is 11.7 Å². The van der Waals surface area contributed by atoms with Crippen molar-refractivity contribution in [3.63, 3.8) is 0 Å². The molecular formula is C9H8BrNO3. The van der Waals surface area contributed by atoms with Gasteiger partial charge in [0.05, 0.1) is 10.2 Å². The van der Waals surface area contributed by atoms with Crippen molar-refractivity contribution in [2.24, 2.45) is 5.16 Å². The molecule has 0 aromatic rings. The number of hydrogen-bond acceptors (Lipinski definition) is 4. The second-order valence-electron chi connectivity index (χ2n) is 3.88. The first-order valence-electron chi connectivity index (χ1n) is 4.42. The van der Waals surface area contributed by atoms with Crippen molar-refractivity contribution in [1.82, 2.24) is 0 Å². The van der Waals surface area contributed by atoms with Crippen molar-refractivity contribution in [3.8, 4) is 0 Å². The van der Waals surface area contributed by atoms with E-state index in [1.54, 1.807) is 6.08 Å². The van der Waals surface area contributed by atoms with Crippen molar-refractivity contribution >= 4 is 27.4 Å². The van der Waals surface area contributed by atoms with Gasteiger partial charge in [-0.1, -0.05) is 5.16 Å². The van der Waals surface area contributed by atoms with Crippen LogP contribution >= 0.6 is 15.9 Å². The van der Waals surface area contributed by atoms with E-state index in [0.29, 0.717) is 10.9 Å². The average Bonchev–Trinajstić information content (AvgIpc) is 2.86. The van der Waals surface area contributed by atoms with Crippen LogP contribution in [-0.2, 0) is 14.4 Å². The van der Waals surface area contributed by atoms with Crippen molar-refractivity contribution in [2.45, 2.75) is 31.2 Å². The molecule has 1 aliphatic carbocycles. The zero-order chi connectivity index (χ0) is 9.92. The van der Waals surface area contributed by atoms with Crippen LogP contribution in [0.2, 0.25) is 0 Å². The van der Waals surface area contributed by atoms with Crippen LogP contribution in [0.1, 0.15) is 13.3 Å². The summed E-state index contributed by atoms with van der Waals surface area (Å²) in [7, 11) is 0. The summed E-state index contributed by atoms with van der Waals surface area (Å²) in [4.78, 5) is 16.8. The van der Waals surface area contributed by atoms with Crippen molar-refractivity contribution in [2.75, 3.05) is 0 Å². The minimum atomic E-state index is -0.526. The third kappa shape index (κ3) is 0.966. The number of rotatable bonds is 0. The summed E-state index contributed by atoms with van der Waals surface area (Å²) in [5, 5.41) is 3.91. The summed E-state index contributed by atoms with van der Waals surface area (Å²) < 4.78 is 5.86. The van der Waals surface area contributed by atoms with Gasteiger partial charge in [0.2, 0.25) is 5.78 Å². The first-order valence-corrected chi connectivity index (χ1v) is 5.21. The lowest BCUT2D eigenvalue weighted by atomic mass is 9.86. The molecule has 1 spiro atoms. The Morgan fingerprint density at radius 3 is 3.14 bits per heavy atom. The predicted octanol–water partition coefficient (Wildman–Crippen LogP) is 1.15. The molecule has 14 heavy (non-hydrogen) atoms. The van der Waals surface area contributed by atoms with Crippen LogP contribution < -0.4 is 0 Å². The second kappa shape index (κ2) is 2.46. The number of nitrogens with zero attached hydrogens (tertiary/aromatic N) is 1. The summed E-state index contributed by atoms with van der Waals surface area (Å²) in [6.45, 7) is 1.91. The first-order chi connectivity index (χ1) is 6.62. The summed E-state index contributed by atoms with van der Waals surface area (Å²) in [6, 6.07) is 0. The SMILES string of the molecule is CC1=NO[C@]2(C=C(Br)C(=O)[C@H]3O[C@H]32)C1. The van der Waals surface area contributed by atoms with Crippen LogP contribution in [0.25, 0.3) is 0 Å². The summed E-state index contributed by atoms with van der Waals surface area (Å²) in [5.74, 6) is 0.00813. The van der Waals surface area contributed by atoms with E-state index in [1.807, 2.05) is 6.92 Å². The van der Waals surface area contributed by atoms with E-state index in [2.05, 4.69) is 21.1 Å². The topological polar surface area (TPSA) is 51.2 Å². The number of halogens is 1. The number of epoxide rings is 1. The van der Waals surface area contributed by atoms with E-state index in [1.165, 1.54) is 0 Å². The summed E-state index contributed by atoms with van der Waals surface area (Å²) in [6.07, 6.45) is 2.02. The molecule has 0 bridgehead atoms. The fourth-order valence-corrected chi connectivity index (χ4v) is 2.66. The fourth-order valence-electron chi connectivity index (χ4n) is 2.04. The molecule has 3 aliphatic rings. The third-order valence-corrected chi connectivity index (χ3v) is 3.36. The van der Waals surface area contributed by atoms with E-state index in [-0.39, 0.29) is 18.0 Å². The van der Waals surface area contributed by atoms with E-state index < -0.39 is 5.60 Å². The van der Waals surface area contributed by atoms with Crippen LogP contribution in [0.5, 0.6) is 0 Å². The third-order valence-electron chi connectivity index (χ3n) is 2.74. The molecular weight excluding hydrogens is 250 g/mol. The van der Waals surface area contributed by atoms with Crippen LogP contribution in [-0.4, -0.2) is 29.3 Å². The smallest absolute Gasteiger partial charge is 0.201 e. The molecule has 74 valence electrons. The Labute approximate surface area is 89.1 Å². The van der Waals surface area contributed by atoms with Crippen LogP contribution in [0.3, 0.4) is 0 Å². The first kappa shape index (κ1) is 8.61. The molecule has 0 aromatic carbocycles. The van der Waals surface area contributed by atoms with E-state index in [4.69, 9.17) is 9.57 Å². The highest BCUT2D eigenvalue weighted by molar-refractivity contribution is 9.12. The fraction of sp³-hybridized carbons (Fsp3) is 0.556. The number of ketones is 1. The highest BCUT2D eigenvalue weighted by Gasteiger charge is 2.64. The van der Waals surface area contributed by atoms with Crippen LogP contribution in [0.4, 0.5) is 0 Å². The molecule has 3 atom stereocenters. The maximum absolute atomic E-state index is 11.5. The molecule has 4 nitrogen and oxygen atoms in total. The van der Waals surface area contributed by atoms with Crippen LogP contribution in [0, 0.1) is 0 Å². The Morgan fingerprint density at radius 2 is 2.50 bits per heavy atom. The number of carbonyl (C=O) groups excluding carboxylic acids is 1. The van der Waals surface area contributed by atoms with E-state index in [9.17, 15) is 4.79 Å². The Kier molecular flexibility index (Phi) is 1.52. The maximum Gasteiger partial charge on any atom is 0.201 e. The lowest BCUT2D eigenvalue weighted by molar-refractivity contribution is -0.116. The van der Waals surface area contributed by atoms with Crippen LogP contribution in [0.15, 0.2) is 15.7 Å². The molecule has 1 fully saturated rings.